The van der Waals surface area contributed by atoms with E-state index in [4.69, 9.17) is 13.9 Å². The largest absolute Gasteiger partial charge is 0.493 e. The van der Waals surface area contributed by atoms with Gasteiger partial charge in [0.15, 0.2) is 11.5 Å². The molecule has 8 heteroatoms. The number of nitrogens with one attached hydrogen (secondary N) is 1. The van der Waals surface area contributed by atoms with Crippen molar-refractivity contribution in [3.05, 3.63) is 83.4 Å². The van der Waals surface area contributed by atoms with Gasteiger partial charge in [0.1, 0.15) is 0 Å². The van der Waals surface area contributed by atoms with Crippen LogP contribution >= 0.6 is 0 Å². The third kappa shape index (κ3) is 5.33. The van der Waals surface area contributed by atoms with Gasteiger partial charge in [0.2, 0.25) is 26.6 Å². The van der Waals surface area contributed by atoms with Gasteiger partial charge in [-0.15, -0.1) is 0 Å². The molecule has 35 heavy (non-hydrogen) atoms. The van der Waals surface area contributed by atoms with Crippen LogP contribution in [0, 0.1) is 13.8 Å². The molecule has 182 valence electrons. The lowest BCUT2D eigenvalue weighted by Gasteiger charge is -2.10. The molecule has 4 aromatic rings. The Hall–Kier alpha value is -3.78. The Morgan fingerprint density at radius 3 is 2.31 bits per heavy atom. The first-order valence-corrected chi connectivity index (χ1v) is 12.6. The van der Waals surface area contributed by atoms with Crippen molar-refractivity contribution >= 4 is 15.7 Å². The number of oxazole rings is 1. The van der Waals surface area contributed by atoms with E-state index in [-0.39, 0.29) is 21.7 Å². The van der Waals surface area contributed by atoms with E-state index in [1.54, 1.807) is 38.5 Å². The number of rotatable bonds is 9. The summed E-state index contributed by atoms with van der Waals surface area (Å²) < 4.78 is 43.6. The second kappa shape index (κ2) is 10.2. The van der Waals surface area contributed by atoms with Crippen LogP contribution in [0.2, 0.25) is 0 Å². The average Bonchev–Trinajstić information content (AvgIpc) is 3.29. The van der Waals surface area contributed by atoms with Gasteiger partial charge in [0, 0.05) is 12.1 Å². The standard InChI is InChI=1S/C27H28N2O5S/c1-18-8-11-22(12-9-18)35(30,31)27-26(34-25(29-27)21-7-5-6-19(2)16-21)28-15-14-20-10-13-23(32-3)24(17-20)33-4/h5-13,16-17,28H,14-15H2,1-4H3. The number of ether oxygens (including phenoxy) is 2. The van der Waals surface area contributed by atoms with Crippen LogP contribution in [-0.4, -0.2) is 34.2 Å². The molecule has 0 aliphatic carbocycles. The summed E-state index contributed by atoms with van der Waals surface area (Å²) in [5.74, 6) is 1.64. The van der Waals surface area contributed by atoms with Gasteiger partial charge in [0.05, 0.1) is 19.1 Å². The quantitative estimate of drug-likeness (QED) is 0.332. The summed E-state index contributed by atoms with van der Waals surface area (Å²) in [4.78, 5) is 4.58. The molecule has 3 aromatic carbocycles. The van der Waals surface area contributed by atoms with E-state index in [1.165, 1.54) is 0 Å². The maximum Gasteiger partial charge on any atom is 0.233 e. The second-order valence-electron chi connectivity index (χ2n) is 8.21. The second-order valence-corrected chi connectivity index (χ2v) is 10.1. The molecule has 0 atom stereocenters. The Balaban J connectivity index is 1.65. The van der Waals surface area contributed by atoms with E-state index in [2.05, 4.69) is 10.3 Å². The minimum absolute atomic E-state index is 0.113. The summed E-state index contributed by atoms with van der Waals surface area (Å²) in [7, 11) is -0.727. The Labute approximate surface area is 205 Å². The number of nitrogens with zero attached hydrogens (tertiary/aromatic N) is 1. The van der Waals surface area contributed by atoms with Crippen LogP contribution < -0.4 is 14.8 Å². The number of anilines is 1. The molecule has 1 N–H and O–H groups in total. The maximum absolute atomic E-state index is 13.5. The van der Waals surface area contributed by atoms with E-state index in [0.717, 1.165) is 16.7 Å². The summed E-state index contributed by atoms with van der Waals surface area (Å²) in [5.41, 5.74) is 3.69. The highest BCUT2D eigenvalue weighted by molar-refractivity contribution is 7.91. The van der Waals surface area contributed by atoms with Crippen LogP contribution in [0.25, 0.3) is 11.5 Å². The monoisotopic (exact) mass is 492 g/mol. The van der Waals surface area contributed by atoms with Gasteiger partial charge in [-0.25, -0.2) is 8.42 Å². The molecule has 1 aromatic heterocycles. The van der Waals surface area contributed by atoms with Crippen LogP contribution in [0.3, 0.4) is 0 Å². The molecule has 0 saturated carbocycles. The lowest BCUT2D eigenvalue weighted by Crippen LogP contribution is -2.10. The molecular formula is C27H28N2O5S. The van der Waals surface area contributed by atoms with E-state index in [0.29, 0.717) is 30.0 Å². The summed E-state index contributed by atoms with van der Waals surface area (Å²) in [6.45, 7) is 4.29. The third-order valence-electron chi connectivity index (χ3n) is 5.59. The predicted molar refractivity (Wildman–Crippen MR) is 135 cm³/mol. The number of aromatic nitrogens is 1. The van der Waals surface area contributed by atoms with Crippen molar-refractivity contribution in [1.29, 1.82) is 0 Å². The van der Waals surface area contributed by atoms with Gasteiger partial charge >= 0.3 is 0 Å². The molecule has 0 aliphatic rings. The SMILES string of the molecule is COc1ccc(CCNc2oc(-c3cccc(C)c3)nc2S(=O)(=O)c2ccc(C)cc2)cc1OC. The Morgan fingerprint density at radius 1 is 0.886 bits per heavy atom. The summed E-state index contributed by atoms with van der Waals surface area (Å²) in [6.07, 6.45) is 0.602. The van der Waals surface area contributed by atoms with Gasteiger partial charge in [-0.2, -0.15) is 4.98 Å². The van der Waals surface area contributed by atoms with E-state index in [1.807, 2.05) is 56.3 Å². The molecular weight excluding hydrogens is 464 g/mol. The zero-order valence-electron chi connectivity index (χ0n) is 20.2. The number of hydrogen-bond acceptors (Lipinski definition) is 7. The molecule has 4 rings (SSSR count). The zero-order chi connectivity index (χ0) is 25.0. The topological polar surface area (TPSA) is 90.7 Å². The summed E-state index contributed by atoms with van der Waals surface area (Å²) in [5, 5.41) is 3.01. The van der Waals surface area contributed by atoms with Crippen molar-refractivity contribution in [2.24, 2.45) is 0 Å². The first kappa shape index (κ1) is 24.3. The Kier molecular flexibility index (Phi) is 7.12. The van der Waals surface area contributed by atoms with Crippen LogP contribution in [-0.2, 0) is 16.3 Å². The minimum atomic E-state index is -3.90. The fourth-order valence-corrected chi connectivity index (χ4v) is 4.97. The number of aryl methyl sites for hydroxylation is 2. The van der Waals surface area contributed by atoms with Gasteiger partial charge in [-0.05, 0) is 62.2 Å². The highest BCUT2D eigenvalue weighted by atomic mass is 32.2. The molecule has 0 amide bonds. The molecule has 7 nitrogen and oxygen atoms in total. The van der Waals surface area contributed by atoms with Crippen molar-refractivity contribution in [1.82, 2.24) is 4.98 Å². The average molecular weight is 493 g/mol. The molecule has 0 spiro atoms. The molecule has 0 fully saturated rings. The van der Waals surface area contributed by atoms with Gasteiger partial charge < -0.3 is 19.2 Å². The molecule has 0 saturated heterocycles. The smallest absolute Gasteiger partial charge is 0.233 e. The fourth-order valence-electron chi connectivity index (χ4n) is 3.69. The van der Waals surface area contributed by atoms with E-state index >= 15 is 0 Å². The molecule has 0 aliphatic heterocycles. The van der Waals surface area contributed by atoms with Crippen molar-refractivity contribution in [3.8, 4) is 23.0 Å². The fraction of sp³-hybridized carbons (Fsp3) is 0.222. The Bertz CT molecular complexity index is 1430. The normalized spacial score (nSPS) is 11.3. The highest BCUT2D eigenvalue weighted by Crippen LogP contribution is 2.33. The van der Waals surface area contributed by atoms with Crippen molar-refractivity contribution in [2.45, 2.75) is 30.2 Å². The lowest BCUT2D eigenvalue weighted by atomic mass is 10.1. The first-order valence-electron chi connectivity index (χ1n) is 11.2. The van der Waals surface area contributed by atoms with Gasteiger partial charge in [-0.1, -0.05) is 41.5 Å². The number of hydrogen-bond donors (Lipinski definition) is 1. The minimum Gasteiger partial charge on any atom is -0.493 e. The van der Waals surface area contributed by atoms with Crippen LogP contribution in [0.4, 0.5) is 5.88 Å². The van der Waals surface area contributed by atoms with E-state index in [9.17, 15) is 8.42 Å². The van der Waals surface area contributed by atoms with Crippen molar-refractivity contribution in [2.75, 3.05) is 26.1 Å². The summed E-state index contributed by atoms with van der Waals surface area (Å²) >= 11 is 0. The lowest BCUT2D eigenvalue weighted by molar-refractivity contribution is 0.354. The van der Waals surface area contributed by atoms with Gasteiger partial charge in [-0.3, -0.25) is 0 Å². The highest BCUT2D eigenvalue weighted by Gasteiger charge is 2.28. The number of sulfone groups is 1. The molecule has 0 radical (unpaired) electrons. The zero-order valence-corrected chi connectivity index (χ0v) is 21.0. The first-order chi connectivity index (χ1) is 16.8. The third-order valence-corrected chi connectivity index (χ3v) is 7.27. The Morgan fingerprint density at radius 2 is 1.63 bits per heavy atom. The molecule has 0 bridgehead atoms. The predicted octanol–water partition coefficient (Wildman–Crippen LogP) is 5.46. The van der Waals surface area contributed by atoms with Crippen molar-refractivity contribution < 1.29 is 22.3 Å². The summed E-state index contributed by atoms with van der Waals surface area (Å²) in [6, 6.07) is 19.9. The number of benzene rings is 3. The van der Waals surface area contributed by atoms with Crippen LogP contribution in [0.15, 0.2) is 81.1 Å². The maximum atomic E-state index is 13.5. The van der Waals surface area contributed by atoms with E-state index < -0.39 is 9.84 Å². The van der Waals surface area contributed by atoms with Crippen LogP contribution in [0.1, 0.15) is 16.7 Å². The van der Waals surface area contributed by atoms with Crippen LogP contribution in [0.5, 0.6) is 11.5 Å². The van der Waals surface area contributed by atoms with Gasteiger partial charge in [0.25, 0.3) is 0 Å². The molecule has 0 unspecified atom stereocenters. The number of methoxy groups -OCH3 is 2. The molecule has 1 heterocycles. The van der Waals surface area contributed by atoms with Crippen molar-refractivity contribution in [3.63, 3.8) is 0 Å².